The average Bonchev–Trinajstić information content (AvgIpc) is 2.49. The smallest absolute Gasteiger partial charge is 0.790 e. The van der Waals surface area contributed by atoms with Crippen LogP contribution in [0, 0.1) is 0 Å². The summed E-state index contributed by atoms with van der Waals surface area (Å²) in [5.41, 5.74) is 0. The van der Waals surface area contributed by atoms with Gasteiger partial charge in [-0.1, -0.05) is 76.9 Å². The minimum atomic E-state index is -4.76. The van der Waals surface area contributed by atoms with Crippen LogP contribution in [0.3, 0.4) is 0 Å². The van der Waals surface area contributed by atoms with Crippen molar-refractivity contribution < 1.29 is 18.9 Å². The van der Waals surface area contributed by atoms with E-state index in [2.05, 4.69) is 23.6 Å². The molecule has 0 unspecified atom stereocenters. The van der Waals surface area contributed by atoms with E-state index >= 15 is 0 Å². The molecule has 138 valence electrons. The Morgan fingerprint density at radius 1 is 0.750 bits per heavy atom. The van der Waals surface area contributed by atoms with Crippen LogP contribution in [0.4, 0.5) is 0 Å². The molecule has 0 bridgehead atoms. The van der Waals surface area contributed by atoms with Crippen molar-refractivity contribution >= 4 is 30.9 Å². The second kappa shape index (κ2) is 19.9. The Bertz CT molecular complexity index is 318. The van der Waals surface area contributed by atoms with Gasteiger partial charge in [0.05, 0.1) is 14.4 Å². The van der Waals surface area contributed by atoms with Crippen LogP contribution >= 0.6 is 7.82 Å². The predicted octanol–water partition coefficient (Wildman–Crippen LogP) is 4.49. The normalized spacial score (nSPS) is 11.8. The van der Waals surface area contributed by atoms with E-state index in [-0.39, 0.29) is 29.7 Å². The summed E-state index contributed by atoms with van der Waals surface area (Å²) >= 11 is 0. The van der Waals surface area contributed by atoms with E-state index in [0.717, 1.165) is 25.7 Å². The fourth-order valence-corrected chi connectivity index (χ4v) is 2.88. The van der Waals surface area contributed by atoms with Gasteiger partial charge in [0, 0.05) is 0 Å². The molecule has 0 aromatic heterocycles. The number of allylic oxidation sites excluding steroid dienone is 2. The van der Waals surface area contributed by atoms with Gasteiger partial charge in [0.25, 0.3) is 0 Å². The van der Waals surface area contributed by atoms with Crippen molar-refractivity contribution in [3.05, 3.63) is 12.2 Å². The predicted molar refractivity (Wildman–Crippen MR) is 98.8 cm³/mol. The standard InChI is InChI=1S/C18H37O4P.Mg/c1-2-3-4-5-6-7-8-9-10-11-12-13-14-15-16-17-18-22-23(19,20)21;/h9-10H,2-8,11-18H2,1H3,(H2,19,20,21);/q;+2/p-2/b10-9-;. The number of phosphoric acid groups is 1. The first-order valence-corrected chi connectivity index (χ1v) is 10.8. The Hall–Kier alpha value is 0.616. The van der Waals surface area contributed by atoms with Crippen LogP contribution in [0.15, 0.2) is 12.2 Å². The van der Waals surface area contributed by atoms with Gasteiger partial charge in [-0.15, -0.1) is 0 Å². The van der Waals surface area contributed by atoms with Crippen molar-refractivity contribution in [2.45, 2.75) is 96.8 Å². The van der Waals surface area contributed by atoms with Gasteiger partial charge in [0.2, 0.25) is 0 Å². The molecule has 0 atom stereocenters. The van der Waals surface area contributed by atoms with E-state index in [1.54, 1.807) is 0 Å². The summed E-state index contributed by atoms with van der Waals surface area (Å²) in [4.78, 5) is 20.5. The van der Waals surface area contributed by atoms with E-state index in [1.807, 2.05) is 0 Å². The van der Waals surface area contributed by atoms with Gasteiger partial charge in [-0.05, 0) is 32.1 Å². The third-order valence-corrected chi connectivity index (χ3v) is 4.40. The number of hydrogen-bond acceptors (Lipinski definition) is 4. The third-order valence-electron chi connectivity index (χ3n) is 3.91. The number of phosphoric ester groups is 1. The molecule has 0 saturated heterocycles. The Morgan fingerprint density at radius 2 is 1.17 bits per heavy atom. The van der Waals surface area contributed by atoms with Crippen LogP contribution in [-0.4, -0.2) is 29.7 Å². The summed E-state index contributed by atoms with van der Waals surface area (Å²) < 4.78 is 14.4. The van der Waals surface area contributed by atoms with Gasteiger partial charge in [-0.2, -0.15) is 0 Å². The van der Waals surface area contributed by atoms with Crippen molar-refractivity contribution in [1.29, 1.82) is 0 Å². The minimum Gasteiger partial charge on any atom is -0.790 e. The van der Waals surface area contributed by atoms with Gasteiger partial charge >= 0.3 is 23.1 Å². The van der Waals surface area contributed by atoms with Crippen LogP contribution in [0.2, 0.25) is 0 Å². The summed E-state index contributed by atoms with van der Waals surface area (Å²) in [6.45, 7) is 2.28. The quantitative estimate of drug-likeness (QED) is 0.164. The van der Waals surface area contributed by atoms with Crippen LogP contribution < -0.4 is 9.79 Å². The first-order valence-electron chi connectivity index (χ1n) is 9.38. The molecule has 0 aliphatic carbocycles. The zero-order valence-electron chi connectivity index (χ0n) is 15.5. The topological polar surface area (TPSA) is 72.4 Å². The molecule has 0 aromatic carbocycles. The van der Waals surface area contributed by atoms with Gasteiger partial charge < -0.3 is 18.9 Å². The third kappa shape index (κ3) is 24.9. The summed E-state index contributed by atoms with van der Waals surface area (Å²) in [6.07, 6.45) is 21.4. The van der Waals surface area contributed by atoms with Crippen molar-refractivity contribution in [3.8, 4) is 0 Å². The largest absolute Gasteiger partial charge is 2.00 e. The molecule has 0 saturated carbocycles. The maximum absolute atomic E-state index is 10.2. The Labute approximate surface area is 165 Å². The fraction of sp³-hybridized carbons (Fsp3) is 0.889. The van der Waals surface area contributed by atoms with Crippen LogP contribution in [0.25, 0.3) is 0 Å². The molecule has 0 aliphatic heterocycles. The van der Waals surface area contributed by atoms with E-state index in [1.165, 1.54) is 57.8 Å². The summed E-state index contributed by atoms with van der Waals surface area (Å²) in [5.74, 6) is 0. The van der Waals surface area contributed by atoms with Crippen molar-refractivity contribution in [2.75, 3.05) is 6.61 Å². The summed E-state index contributed by atoms with van der Waals surface area (Å²) in [7, 11) is -4.76. The maximum atomic E-state index is 10.2. The molecule has 24 heavy (non-hydrogen) atoms. The number of hydrogen-bond donors (Lipinski definition) is 0. The molecule has 0 rings (SSSR count). The molecule has 0 amide bonds. The molecule has 0 aliphatic rings. The molecule has 0 aromatic rings. The first-order chi connectivity index (χ1) is 11.1. The Morgan fingerprint density at radius 3 is 1.62 bits per heavy atom. The molecule has 0 N–H and O–H groups in total. The molecular weight excluding hydrogens is 335 g/mol. The summed E-state index contributed by atoms with van der Waals surface area (Å²) in [6, 6.07) is 0. The molecular formula is C18H35MgO4P. The van der Waals surface area contributed by atoms with Gasteiger partial charge in [0.1, 0.15) is 0 Å². The van der Waals surface area contributed by atoms with Crippen LogP contribution in [0.1, 0.15) is 96.8 Å². The molecule has 0 fully saturated rings. The first kappa shape index (κ1) is 26.8. The zero-order valence-corrected chi connectivity index (χ0v) is 17.9. The SMILES string of the molecule is CCCCCCCC/C=C\CCCCCCCCOP(=O)([O-])[O-].[Mg+2]. The van der Waals surface area contributed by atoms with E-state index in [4.69, 9.17) is 0 Å². The minimum absolute atomic E-state index is 0. The van der Waals surface area contributed by atoms with Crippen molar-refractivity contribution in [3.63, 3.8) is 0 Å². The van der Waals surface area contributed by atoms with Crippen LogP contribution in [0.5, 0.6) is 0 Å². The zero-order chi connectivity index (χ0) is 17.2. The van der Waals surface area contributed by atoms with E-state index in [0.29, 0.717) is 6.42 Å². The second-order valence-corrected chi connectivity index (χ2v) is 7.37. The second-order valence-electron chi connectivity index (χ2n) is 6.22. The Balaban J connectivity index is 0. The number of unbranched alkanes of at least 4 members (excludes halogenated alkanes) is 12. The average molecular weight is 371 g/mol. The molecule has 6 heteroatoms. The Kier molecular flexibility index (Phi) is 22.3. The maximum Gasteiger partial charge on any atom is 2.00 e. The van der Waals surface area contributed by atoms with Crippen molar-refractivity contribution in [2.24, 2.45) is 0 Å². The van der Waals surface area contributed by atoms with Gasteiger partial charge in [0.15, 0.2) is 0 Å². The summed E-state index contributed by atoms with van der Waals surface area (Å²) in [5, 5.41) is 0. The van der Waals surface area contributed by atoms with Crippen LogP contribution in [-0.2, 0) is 9.09 Å². The van der Waals surface area contributed by atoms with Gasteiger partial charge in [-0.25, -0.2) is 0 Å². The number of rotatable bonds is 17. The monoisotopic (exact) mass is 370 g/mol. The van der Waals surface area contributed by atoms with Gasteiger partial charge in [-0.3, -0.25) is 0 Å². The molecule has 0 heterocycles. The fourth-order valence-electron chi connectivity index (χ4n) is 2.53. The van der Waals surface area contributed by atoms with E-state index < -0.39 is 7.82 Å². The molecule has 4 nitrogen and oxygen atoms in total. The molecule has 0 radical (unpaired) electrons. The van der Waals surface area contributed by atoms with Crippen molar-refractivity contribution in [1.82, 2.24) is 0 Å². The molecule has 0 spiro atoms. The van der Waals surface area contributed by atoms with E-state index in [9.17, 15) is 14.4 Å².